The highest BCUT2D eigenvalue weighted by Gasteiger charge is 2.20. The van der Waals surface area contributed by atoms with E-state index in [0.29, 0.717) is 0 Å². The van der Waals surface area contributed by atoms with Crippen molar-refractivity contribution < 1.29 is 14.0 Å². The first kappa shape index (κ1) is 20.0. The third kappa shape index (κ3) is 5.16. The maximum Gasteiger partial charge on any atom is 0.193 e. The maximum absolute atomic E-state index is 5.46. The molecule has 2 heterocycles. The minimum Gasteiger partial charge on any atom is -0.497 e. The predicted octanol–water partition coefficient (Wildman–Crippen LogP) is 1.63. The summed E-state index contributed by atoms with van der Waals surface area (Å²) in [6.45, 7) is 5.40. The van der Waals surface area contributed by atoms with Gasteiger partial charge >= 0.3 is 0 Å². The number of ether oxygens (including phenoxy) is 2. The van der Waals surface area contributed by atoms with Crippen molar-refractivity contribution in [3.05, 3.63) is 41.8 Å². The summed E-state index contributed by atoms with van der Waals surface area (Å²) in [5, 5.41) is 7.46. The van der Waals surface area contributed by atoms with Crippen molar-refractivity contribution in [3.63, 3.8) is 0 Å². The Labute approximate surface area is 166 Å². The molecule has 1 aliphatic heterocycles. The predicted molar refractivity (Wildman–Crippen MR) is 108 cm³/mol. The Morgan fingerprint density at radius 3 is 2.64 bits per heavy atom. The standard InChI is InChI=1S/C20H29N5O3/c1-21-20(22-8-6-16-14-18(26-2)4-5-19(16)27-3)25-11-9-24(10-12-25)15-17-7-13-28-23-17/h4-5,7,13-14H,6,8-12,15H2,1-3H3,(H,21,22). The van der Waals surface area contributed by atoms with Crippen molar-refractivity contribution in [1.82, 2.24) is 20.3 Å². The van der Waals surface area contributed by atoms with E-state index in [2.05, 4.69) is 25.3 Å². The molecule has 0 bridgehead atoms. The van der Waals surface area contributed by atoms with E-state index in [-0.39, 0.29) is 0 Å². The Morgan fingerprint density at radius 2 is 2.00 bits per heavy atom. The number of guanidine groups is 1. The number of nitrogens with one attached hydrogen (secondary N) is 1. The summed E-state index contributed by atoms with van der Waals surface area (Å²) < 4.78 is 15.7. The van der Waals surface area contributed by atoms with Crippen LogP contribution in [0.15, 0.2) is 40.0 Å². The van der Waals surface area contributed by atoms with Crippen molar-refractivity contribution in [2.24, 2.45) is 4.99 Å². The number of rotatable bonds is 7. The van der Waals surface area contributed by atoms with Crippen LogP contribution in [0.25, 0.3) is 0 Å². The second-order valence-electron chi connectivity index (χ2n) is 6.66. The number of piperazine rings is 1. The zero-order chi connectivity index (χ0) is 19.8. The van der Waals surface area contributed by atoms with Gasteiger partial charge < -0.3 is 24.2 Å². The third-order valence-electron chi connectivity index (χ3n) is 4.93. The van der Waals surface area contributed by atoms with E-state index >= 15 is 0 Å². The first-order chi connectivity index (χ1) is 13.7. The molecule has 1 aromatic heterocycles. The summed E-state index contributed by atoms with van der Waals surface area (Å²) in [6.07, 6.45) is 2.44. The Hall–Kier alpha value is -2.74. The fraction of sp³-hybridized carbons (Fsp3) is 0.500. The molecule has 1 aromatic carbocycles. The molecular weight excluding hydrogens is 358 g/mol. The van der Waals surface area contributed by atoms with E-state index in [1.807, 2.05) is 31.3 Å². The van der Waals surface area contributed by atoms with Crippen LogP contribution >= 0.6 is 0 Å². The molecule has 0 spiro atoms. The Balaban J connectivity index is 1.48. The van der Waals surface area contributed by atoms with Crippen molar-refractivity contribution in [1.29, 1.82) is 0 Å². The average molecular weight is 387 g/mol. The highest BCUT2D eigenvalue weighted by Crippen LogP contribution is 2.24. The zero-order valence-electron chi connectivity index (χ0n) is 16.9. The molecule has 1 saturated heterocycles. The summed E-state index contributed by atoms with van der Waals surface area (Å²) in [5.74, 6) is 2.64. The smallest absolute Gasteiger partial charge is 0.193 e. The van der Waals surface area contributed by atoms with Gasteiger partial charge in [0.15, 0.2) is 5.96 Å². The first-order valence-electron chi connectivity index (χ1n) is 9.51. The van der Waals surface area contributed by atoms with Crippen LogP contribution in [-0.2, 0) is 13.0 Å². The molecule has 152 valence electrons. The average Bonchev–Trinajstić information content (AvgIpc) is 3.25. The minimum absolute atomic E-state index is 0.773. The van der Waals surface area contributed by atoms with Crippen LogP contribution < -0.4 is 14.8 Å². The van der Waals surface area contributed by atoms with Crippen LogP contribution in [0.4, 0.5) is 0 Å². The number of benzene rings is 1. The van der Waals surface area contributed by atoms with Gasteiger partial charge in [0.1, 0.15) is 17.8 Å². The van der Waals surface area contributed by atoms with Crippen molar-refractivity contribution >= 4 is 5.96 Å². The van der Waals surface area contributed by atoms with E-state index in [1.165, 1.54) is 0 Å². The number of nitrogens with zero attached hydrogens (tertiary/aromatic N) is 4. The lowest BCUT2D eigenvalue weighted by molar-refractivity contribution is 0.169. The number of hydrogen-bond acceptors (Lipinski definition) is 6. The molecule has 2 aromatic rings. The summed E-state index contributed by atoms with van der Waals surface area (Å²) in [7, 11) is 5.19. The Kier molecular flexibility index (Phi) is 7.13. The normalized spacial score (nSPS) is 15.5. The molecule has 3 rings (SSSR count). The van der Waals surface area contributed by atoms with E-state index in [0.717, 1.165) is 74.4 Å². The molecule has 0 aliphatic carbocycles. The molecule has 0 atom stereocenters. The highest BCUT2D eigenvalue weighted by atomic mass is 16.5. The molecule has 0 unspecified atom stereocenters. The van der Waals surface area contributed by atoms with Gasteiger partial charge in [-0.25, -0.2) is 0 Å². The quantitative estimate of drug-likeness (QED) is 0.572. The van der Waals surface area contributed by atoms with Crippen LogP contribution in [0.3, 0.4) is 0 Å². The lowest BCUT2D eigenvalue weighted by Gasteiger charge is -2.36. The van der Waals surface area contributed by atoms with Crippen LogP contribution in [-0.4, -0.2) is 74.9 Å². The van der Waals surface area contributed by atoms with E-state index < -0.39 is 0 Å². The first-order valence-corrected chi connectivity index (χ1v) is 9.51. The number of aliphatic imine (C=N–C) groups is 1. The Bertz CT molecular complexity index is 755. The lowest BCUT2D eigenvalue weighted by atomic mass is 10.1. The molecule has 0 saturated carbocycles. The molecular formula is C20H29N5O3. The van der Waals surface area contributed by atoms with Gasteiger partial charge in [0.2, 0.25) is 0 Å². The number of aromatic nitrogens is 1. The van der Waals surface area contributed by atoms with Crippen molar-refractivity contribution in [2.75, 3.05) is 54.0 Å². The monoisotopic (exact) mass is 387 g/mol. The number of hydrogen-bond donors (Lipinski definition) is 1. The molecule has 0 radical (unpaired) electrons. The Morgan fingerprint density at radius 1 is 1.18 bits per heavy atom. The summed E-state index contributed by atoms with van der Waals surface area (Å²) >= 11 is 0. The van der Waals surface area contributed by atoms with Gasteiger partial charge in [0, 0.05) is 52.4 Å². The van der Waals surface area contributed by atoms with E-state index in [4.69, 9.17) is 14.0 Å². The van der Waals surface area contributed by atoms with Crippen LogP contribution in [0.2, 0.25) is 0 Å². The third-order valence-corrected chi connectivity index (χ3v) is 4.93. The van der Waals surface area contributed by atoms with E-state index in [1.54, 1.807) is 20.5 Å². The van der Waals surface area contributed by atoms with Gasteiger partial charge in [0.05, 0.1) is 19.9 Å². The largest absolute Gasteiger partial charge is 0.497 e. The van der Waals surface area contributed by atoms with Crippen molar-refractivity contribution in [2.45, 2.75) is 13.0 Å². The summed E-state index contributed by atoms with van der Waals surface area (Å²) in [5.41, 5.74) is 2.09. The molecule has 1 aliphatic rings. The highest BCUT2D eigenvalue weighted by molar-refractivity contribution is 5.80. The maximum atomic E-state index is 5.46. The van der Waals surface area contributed by atoms with Gasteiger partial charge in [-0.2, -0.15) is 0 Å². The molecule has 1 fully saturated rings. The fourth-order valence-electron chi connectivity index (χ4n) is 3.38. The van der Waals surface area contributed by atoms with Gasteiger partial charge in [-0.1, -0.05) is 5.16 Å². The molecule has 8 nitrogen and oxygen atoms in total. The lowest BCUT2D eigenvalue weighted by Crippen LogP contribution is -2.52. The SMILES string of the molecule is CN=C(NCCc1cc(OC)ccc1OC)N1CCN(Cc2ccon2)CC1. The summed E-state index contributed by atoms with van der Waals surface area (Å²) in [4.78, 5) is 9.12. The molecule has 0 amide bonds. The van der Waals surface area contributed by atoms with Crippen molar-refractivity contribution in [3.8, 4) is 11.5 Å². The van der Waals surface area contributed by atoms with Gasteiger partial charge in [-0.3, -0.25) is 9.89 Å². The van der Waals surface area contributed by atoms with Crippen LogP contribution in [0, 0.1) is 0 Å². The zero-order valence-corrected chi connectivity index (χ0v) is 16.9. The molecule has 8 heteroatoms. The van der Waals surface area contributed by atoms with Gasteiger partial charge in [-0.15, -0.1) is 0 Å². The molecule has 28 heavy (non-hydrogen) atoms. The van der Waals surface area contributed by atoms with Gasteiger partial charge in [-0.05, 0) is 30.2 Å². The van der Waals surface area contributed by atoms with E-state index in [9.17, 15) is 0 Å². The second-order valence-corrected chi connectivity index (χ2v) is 6.66. The molecule has 1 N–H and O–H groups in total. The van der Waals surface area contributed by atoms with Gasteiger partial charge in [0.25, 0.3) is 0 Å². The summed E-state index contributed by atoms with van der Waals surface area (Å²) in [6, 6.07) is 7.79. The second kappa shape index (κ2) is 9.98. The number of methoxy groups -OCH3 is 2. The van der Waals surface area contributed by atoms with Crippen LogP contribution in [0.1, 0.15) is 11.3 Å². The topological polar surface area (TPSA) is 75.4 Å². The fourth-order valence-corrected chi connectivity index (χ4v) is 3.38. The minimum atomic E-state index is 0.773. The van der Waals surface area contributed by atoms with Crippen LogP contribution in [0.5, 0.6) is 11.5 Å².